The first-order valence-electron chi connectivity index (χ1n) is 8.71. The van der Waals surface area contributed by atoms with Gasteiger partial charge in [-0.3, -0.25) is 4.79 Å². The molecule has 0 saturated heterocycles. The van der Waals surface area contributed by atoms with Crippen LogP contribution in [0, 0.1) is 5.92 Å². The van der Waals surface area contributed by atoms with Crippen LogP contribution >= 0.6 is 0 Å². The van der Waals surface area contributed by atoms with E-state index in [2.05, 4.69) is 6.58 Å². The van der Waals surface area contributed by atoms with Crippen LogP contribution in [0.25, 0.3) is 0 Å². The zero-order valence-corrected chi connectivity index (χ0v) is 14.1. The minimum Gasteiger partial charge on any atom is -0.459 e. The van der Waals surface area contributed by atoms with Gasteiger partial charge in [0, 0.05) is 5.57 Å². The number of rotatable bonds is 6. The molecule has 0 radical (unpaired) electrons. The van der Waals surface area contributed by atoms with Gasteiger partial charge < -0.3 is 14.2 Å². The van der Waals surface area contributed by atoms with Crippen LogP contribution in [0.15, 0.2) is 12.2 Å². The van der Waals surface area contributed by atoms with Gasteiger partial charge in [0.05, 0.1) is 12.0 Å². The van der Waals surface area contributed by atoms with Crippen LogP contribution in [0.3, 0.4) is 0 Å². The summed E-state index contributed by atoms with van der Waals surface area (Å²) < 4.78 is 16.2. The lowest BCUT2D eigenvalue weighted by Gasteiger charge is -2.27. The van der Waals surface area contributed by atoms with Gasteiger partial charge in [-0.05, 0) is 45.4 Å². The lowest BCUT2D eigenvalue weighted by Crippen LogP contribution is -2.30. The highest BCUT2D eigenvalue weighted by atomic mass is 16.7. The van der Waals surface area contributed by atoms with E-state index in [0.717, 1.165) is 12.8 Å². The van der Waals surface area contributed by atoms with E-state index in [1.165, 1.54) is 19.3 Å². The van der Waals surface area contributed by atoms with Gasteiger partial charge in [-0.25, -0.2) is 4.79 Å². The van der Waals surface area contributed by atoms with E-state index in [1.54, 1.807) is 6.92 Å². The van der Waals surface area contributed by atoms with Crippen molar-refractivity contribution in [2.24, 2.45) is 5.92 Å². The SMILES string of the molecule is C=C(C)C(=O)OC1CCC(C(=O)OCOC2CCCCC2)CC1. The highest BCUT2D eigenvalue weighted by molar-refractivity contribution is 5.87. The number of esters is 2. The summed E-state index contributed by atoms with van der Waals surface area (Å²) in [5, 5.41) is 0. The van der Waals surface area contributed by atoms with E-state index in [4.69, 9.17) is 14.2 Å². The van der Waals surface area contributed by atoms with Crippen molar-refractivity contribution in [3.63, 3.8) is 0 Å². The zero-order chi connectivity index (χ0) is 16.7. The van der Waals surface area contributed by atoms with Gasteiger partial charge >= 0.3 is 11.9 Å². The molecule has 0 N–H and O–H groups in total. The van der Waals surface area contributed by atoms with Crippen LogP contribution in [0.5, 0.6) is 0 Å². The second-order valence-corrected chi connectivity index (χ2v) is 6.67. The second kappa shape index (κ2) is 9.06. The second-order valence-electron chi connectivity index (χ2n) is 6.67. The highest BCUT2D eigenvalue weighted by Gasteiger charge is 2.29. The summed E-state index contributed by atoms with van der Waals surface area (Å²) in [6.07, 6.45) is 8.72. The largest absolute Gasteiger partial charge is 0.459 e. The van der Waals surface area contributed by atoms with Crippen LogP contribution in [0.1, 0.15) is 64.7 Å². The van der Waals surface area contributed by atoms with E-state index in [9.17, 15) is 9.59 Å². The molecule has 2 rings (SSSR count). The molecule has 2 fully saturated rings. The summed E-state index contributed by atoms with van der Waals surface area (Å²) >= 11 is 0. The molecule has 2 aliphatic rings. The van der Waals surface area contributed by atoms with Gasteiger partial charge in [-0.15, -0.1) is 0 Å². The topological polar surface area (TPSA) is 61.8 Å². The van der Waals surface area contributed by atoms with Crippen molar-refractivity contribution >= 4 is 11.9 Å². The van der Waals surface area contributed by atoms with Gasteiger partial charge in [0.25, 0.3) is 0 Å². The van der Waals surface area contributed by atoms with Crippen molar-refractivity contribution in [3.8, 4) is 0 Å². The summed E-state index contributed by atoms with van der Waals surface area (Å²) in [4.78, 5) is 23.5. The molecule has 5 nitrogen and oxygen atoms in total. The Labute approximate surface area is 138 Å². The molecule has 0 spiro atoms. The number of hydrogen-bond acceptors (Lipinski definition) is 5. The van der Waals surface area contributed by atoms with E-state index in [0.29, 0.717) is 31.3 Å². The first-order chi connectivity index (χ1) is 11.1. The fourth-order valence-electron chi connectivity index (χ4n) is 3.21. The van der Waals surface area contributed by atoms with Crippen molar-refractivity contribution in [2.45, 2.75) is 76.9 Å². The molecule has 2 aliphatic carbocycles. The van der Waals surface area contributed by atoms with E-state index >= 15 is 0 Å². The lowest BCUT2D eigenvalue weighted by atomic mass is 9.87. The summed E-state index contributed by atoms with van der Waals surface area (Å²) in [5.74, 6) is -0.646. The van der Waals surface area contributed by atoms with Crippen molar-refractivity contribution < 1.29 is 23.8 Å². The van der Waals surface area contributed by atoms with E-state index in [-0.39, 0.29) is 36.9 Å². The highest BCUT2D eigenvalue weighted by Crippen LogP contribution is 2.28. The van der Waals surface area contributed by atoms with Gasteiger partial charge in [-0.1, -0.05) is 25.8 Å². The molecule has 0 heterocycles. The Bertz CT molecular complexity index is 417. The molecule has 2 saturated carbocycles. The Morgan fingerprint density at radius 2 is 1.61 bits per heavy atom. The smallest absolute Gasteiger partial charge is 0.333 e. The van der Waals surface area contributed by atoms with Gasteiger partial charge in [-0.2, -0.15) is 0 Å². The van der Waals surface area contributed by atoms with Crippen molar-refractivity contribution in [2.75, 3.05) is 6.79 Å². The van der Waals surface area contributed by atoms with E-state index in [1.807, 2.05) is 0 Å². The third kappa shape index (κ3) is 5.98. The molecule has 0 aromatic rings. The number of carbonyl (C=O) groups excluding carboxylic acids is 2. The predicted molar refractivity (Wildman–Crippen MR) is 85.6 cm³/mol. The lowest BCUT2D eigenvalue weighted by molar-refractivity contribution is -0.169. The Kier molecular flexibility index (Phi) is 7.09. The van der Waals surface area contributed by atoms with Crippen molar-refractivity contribution in [1.29, 1.82) is 0 Å². The first-order valence-corrected chi connectivity index (χ1v) is 8.71. The molecule has 0 aromatic heterocycles. The van der Waals surface area contributed by atoms with E-state index < -0.39 is 0 Å². The Morgan fingerprint density at radius 3 is 2.22 bits per heavy atom. The van der Waals surface area contributed by atoms with Crippen LogP contribution in [-0.2, 0) is 23.8 Å². The minimum absolute atomic E-state index is 0.0636. The maximum absolute atomic E-state index is 12.1. The van der Waals surface area contributed by atoms with Crippen LogP contribution in [-0.4, -0.2) is 30.9 Å². The molecule has 0 amide bonds. The maximum atomic E-state index is 12.1. The molecule has 0 aliphatic heterocycles. The molecule has 0 unspecified atom stereocenters. The Balaban J connectivity index is 1.61. The van der Waals surface area contributed by atoms with Crippen LogP contribution in [0.4, 0.5) is 0 Å². The third-order valence-corrected chi connectivity index (χ3v) is 4.69. The molecule has 5 heteroatoms. The van der Waals surface area contributed by atoms with Gasteiger partial charge in [0.15, 0.2) is 6.79 Å². The molecule has 130 valence electrons. The monoisotopic (exact) mass is 324 g/mol. The predicted octanol–water partition coefficient (Wildman–Crippen LogP) is 3.51. The fraction of sp³-hybridized carbons (Fsp3) is 0.778. The summed E-state index contributed by atoms with van der Waals surface area (Å²) in [6.45, 7) is 5.27. The molecule has 0 atom stereocenters. The quantitative estimate of drug-likeness (QED) is 0.425. The summed E-state index contributed by atoms with van der Waals surface area (Å²) in [7, 11) is 0. The molecular weight excluding hydrogens is 296 g/mol. The molecule has 0 aromatic carbocycles. The molecule has 0 bridgehead atoms. The number of ether oxygens (including phenoxy) is 3. The Morgan fingerprint density at radius 1 is 0.957 bits per heavy atom. The fourth-order valence-corrected chi connectivity index (χ4v) is 3.21. The van der Waals surface area contributed by atoms with Crippen LogP contribution < -0.4 is 0 Å². The summed E-state index contributed by atoms with van der Waals surface area (Å²) in [5.41, 5.74) is 0.409. The van der Waals surface area contributed by atoms with Crippen molar-refractivity contribution in [3.05, 3.63) is 12.2 Å². The average Bonchev–Trinajstić information content (AvgIpc) is 2.56. The standard InChI is InChI=1S/C18H28O5/c1-13(2)17(19)23-16-10-8-14(9-11-16)18(20)22-12-21-15-6-4-3-5-7-15/h14-16H,1,3-12H2,2H3. The van der Waals surface area contributed by atoms with Crippen molar-refractivity contribution in [1.82, 2.24) is 0 Å². The average molecular weight is 324 g/mol. The zero-order valence-electron chi connectivity index (χ0n) is 14.1. The third-order valence-electron chi connectivity index (χ3n) is 4.69. The number of carbonyl (C=O) groups is 2. The minimum atomic E-state index is -0.350. The van der Waals surface area contributed by atoms with Crippen LogP contribution in [0.2, 0.25) is 0 Å². The van der Waals surface area contributed by atoms with Gasteiger partial charge in [0.1, 0.15) is 6.10 Å². The normalized spacial score (nSPS) is 25.6. The first kappa shape index (κ1) is 18.0. The molecule has 23 heavy (non-hydrogen) atoms. The maximum Gasteiger partial charge on any atom is 0.333 e. The summed E-state index contributed by atoms with van der Waals surface area (Å²) in [6, 6.07) is 0. The molecular formula is C18H28O5. The van der Waals surface area contributed by atoms with Gasteiger partial charge in [0.2, 0.25) is 0 Å². The Hall–Kier alpha value is -1.36. The number of hydrogen-bond donors (Lipinski definition) is 0.